The quantitative estimate of drug-likeness (QED) is 0.773. The Kier molecular flexibility index (Phi) is 4.84. The van der Waals surface area contributed by atoms with Crippen molar-refractivity contribution in [3.8, 4) is 11.8 Å². The van der Waals surface area contributed by atoms with Gasteiger partial charge in [0.25, 0.3) is 0 Å². The molecule has 6 heteroatoms. The van der Waals surface area contributed by atoms with Gasteiger partial charge in [-0.1, -0.05) is 18.2 Å². The number of rotatable bonds is 2. The Balaban J connectivity index is 1.26. The van der Waals surface area contributed by atoms with Crippen molar-refractivity contribution in [2.24, 2.45) is 11.8 Å². The molecule has 3 heterocycles. The van der Waals surface area contributed by atoms with Gasteiger partial charge in [-0.25, -0.2) is 0 Å². The highest BCUT2D eigenvalue weighted by molar-refractivity contribution is 5.80. The molecule has 154 valence electrons. The highest BCUT2D eigenvalue weighted by Gasteiger charge is 2.48. The van der Waals surface area contributed by atoms with Crippen molar-refractivity contribution in [3.63, 3.8) is 0 Å². The van der Waals surface area contributed by atoms with Crippen LogP contribution in [-0.2, 0) is 4.79 Å². The first-order valence-electron chi connectivity index (χ1n) is 10.6. The van der Waals surface area contributed by atoms with E-state index < -0.39 is 0 Å². The molecule has 0 saturated carbocycles. The van der Waals surface area contributed by atoms with Gasteiger partial charge in [-0.2, -0.15) is 5.26 Å². The van der Waals surface area contributed by atoms with Crippen molar-refractivity contribution >= 4 is 11.6 Å². The van der Waals surface area contributed by atoms with Crippen LogP contribution in [0.2, 0.25) is 0 Å². The number of nitriles is 1. The van der Waals surface area contributed by atoms with E-state index in [-0.39, 0.29) is 23.8 Å². The van der Waals surface area contributed by atoms with Gasteiger partial charge >= 0.3 is 0 Å². The van der Waals surface area contributed by atoms with Gasteiger partial charge in [-0.15, -0.1) is 0 Å². The maximum atomic E-state index is 13.4. The second-order valence-corrected chi connectivity index (χ2v) is 8.47. The number of amides is 1. The van der Waals surface area contributed by atoms with E-state index in [0.29, 0.717) is 12.2 Å². The van der Waals surface area contributed by atoms with Crippen LogP contribution in [0.1, 0.15) is 17.2 Å². The summed E-state index contributed by atoms with van der Waals surface area (Å²) in [6.45, 7) is 4.47. The average molecular weight is 402 g/mol. The third-order valence-corrected chi connectivity index (χ3v) is 6.82. The number of ether oxygens (including phenoxy) is 1. The zero-order valence-electron chi connectivity index (χ0n) is 17.2. The Morgan fingerprint density at radius 1 is 1.07 bits per heavy atom. The molecule has 0 aromatic heterocycles. The summed E-state index contributed by atoms with van der Waals surface area (Å²) in [5.74, 6) is 1.40. The van der Waals surface area contributed by atoms with Crippen LogP contribution in [0.4, 0.5) is 5.69 Å². The summed E-state index contributed by atoms with van der Waals surface area (Å²) in [4.78, 5) is 20.1. The smallest absolute Gasteiger partial charge is 0.227 e. The highest BCUT2D eigenvalue weighted by Crippen LogP contribution is 2.46. The predicted octanol–water partition coefficient (Wildman–Crippen LogP) is 2.52. The molecule has 5 rings (SSSR count). The summed E-state index contributed by atoms with van der Waals surface area (Å²) < 4.78 is 6.02. The number of nitrogens with zero attached hydrogens (tertiary/aromatic N) is 4. The topological polar surface area (TPSA) is 59.8 Å². The number of carbonyl (C=O) groups is 1. The number of hydrogen-bond acceptors (Lipinski definition) is 5. The Labute approximate surface area is 177 Å². The Bertz CT molecular complexity index is 975. The molecule has 3 aliphatic rings. The van der Waals surface area contributed by atoms with Gasteiger partial charge < -0.3 is 14.5 Å². The molecule has 2 fully saturated rings. The number of likely N-dealkylation sites (tertiary alicyclic amines) is 1. The van der Waals surface area contributed by atoms with E-state index in [1.165, 1.54) is 5.56 Å². The maximum Gasteiger partial charge on any atom is 0.227 e. The Morgan fingerprint density at radius 3 is 2.53 bits per heavy atom. The molecule has 0 radical (unpaired) electrons. The monoisotopic (exact) mass is 402 g/mol. The number of carbonyl (C=O) groups excluding carboxylic acids is 1. The lowest BCUT2D eigenvalue weighted by atomic mass is 9.84. The molecule has 30 heavy (non-hydrogen) atoms. The first-order valence-corrected chi connectivity index (χ1v) is 10.6. The molecule has 2 saturated heterocycles. The maximum absolute atomic E-state index is 13.4. The number of hydrogen-bond donors (Lipinski definition) is 0. The van der Waals surface area contributed by atoms with Crippen LogP contribution in [0.15, 0.2) is 48.5 Å². The van der Waals surface area contributed by atoms with Gasteiger partial charge in [0.1, 0.15) is 5.75 Å². The van der Waals surface area contributed by atoms with Crippen LogP contribution >= 0.6 is 0 Å². The highest BCUT2D eigenvalue weighted by atomic mass is 16.5. The van der Waals surface area contributed by atoms with Crippen molar-refractivity contribution in [3.05, 3.63) is 59.7 Å². The van der Waals surface area contributed by atoms with Crippen molar-refractivity contribution in [1.29, 1.82) is 5.26 Å². The molecule has 0 unspecified atom stereocenters. The zero-order chi connectivity index (χ0) is 20.7. The summed E-state index contributed by atoms with van der Waals surface area (Å²) >= 11 is 0. The molecular weight excluding hydrogens is 376 g/mol. The number of benzene rings is 2. The minimum Gasteiger partial charge on any atom is -0.493 e. The average Bonchev–Trinajstić information content (AvgIpc) is 3.15. The number of para-hydroxylation sites is 1. The van der Waals surface area contributed by atoms with Gasteiger partial charge in [0, 0.05) is 55.9 Å². The number of anilines is 1. The third-order valence-electron chi connectivity index (χ3n) is 6.82. The first-order chi connectivity index (χ1) is 14.7. The molecule has 0 aliphatic carbocycles. The lowest BCUT2D eigenvalue weighted by molar-refractivity contribution is -0.137. The lowest BCUT2D eigenvalue weighted by Gasteiger charge is -2.38. The van der Waals surface area contributed by atoms with E-state index in [1.54, 1.807) is 0 Å². The van der Waals surface area contributed by atoms with Crippen LogP contribution in [0.3, 0.4) is 0 Å². The van der Waals surface area contributed by atoms with E-state index in [4.69, 9.17) is 10.00 Å². The summed E-state index contributed by atoms with van der Waals surface area (Å²) in [5.41, 5.74) is 2.99. The molecule has 3 atom stereocenters. The lowest BCUT2D eigenvalue weighted by Crippen LogP contribution is -2.51. The first kappa shape index (κ1) is 19.0. The molecule has 3 aliphatic heterocycles. The molecule has 2 aromatic rings. The number of piperazine rings is 1. The van der Waals surface area contributed by atoms with E-state index in [1.807, 2.05) is 41.3 Å². The Hall–Kier alpha value is -3.04. The SMILES string of the molecule is CN1C[C@@H](C(=O)N2CCN(c3ccc(C#N)cc3)CC2)[C@@H]2COc3ccccc3[C@@H]21. The van der Waals surface area contributed by atoms with Gasteiger partial charge in [0.2, 0.25) is 5.91 Å². The minimum atomic E-state index is -0.0187. The normalized spacial score (nSPS) is 25.8. The molecule has 0 bridgehead atoms. The standard InChI is InChI=1S/C24H26N4O2/c1-26-15-20(21-16-30-22-5-3-2-4-19(22)23(21)26)24(29)28-12-10-27(11-13-28)18-8-6-17(14-25)7-9-18/h2-9,20-21,23H,10-13,15-16H2,1H3/t20-,21+,23+/m1/s1. The van der Waals surface area contributed by atoms with E-state index in [0.717, 1.165) is 44.2 Å². The molecule has 0 N–H and O–H groups in total. The molecule has 2 aromatic carbocycles. The van der Waals surface area contributed by atoms with E-state index in [9.17, 15) is 4.79 Å². The van der Waals surface area contributed by atoms with Crippen molar-refractivity contribution in [2.45, 2.75) is 6.04 Å². The second-order valence-electron chi connectivity index (χ2n) is 8.47. The molecule has 0 spiro atoms. The third kappa shape index (κ3) is 3.20. The predicted molar refractivity (Wildman–Crippen MR) is 114 cm³/mol. The fraction of sp³-hybridized carbons (Fsp3) is 0.417. The zero-order valence-corrected chi connectivity index (χ0v) is 17.2. The Morgan fingerprint density at radius 2 is 1.80 bits per heavy atom. The summed E-state index contributed by atoms with van der Waals surface area (Å²) in [7, 11) is 2.12. The van der Waals surface area contributed by atoms with Gasteiger partial charge in [0.15, 0.2) is 0 Å². The fourth-order valence-electron chi connectivity index (χ4n) is 5.25. The van der Waals surface area contributed by atoms with Gasteiger partial charge in [-0.3, -0.25) is 9.69 Å². The van der Waals surface area contributed by atoms with Gasteiger partial charge in [0.05, 0.1) is 24.2 Å². The van der Waals surface area contributed by atoms with Crippen LogP contribution < -0.4 is 9.64 Å². The molecule has 6 nitrogen and oxygen atoms in total. The van der Waals surface area contributed by atoms with E-state index in [2.05, 4.69) is 35.0 Å². The largest absolute Gasteiger partial charge is 0.493 e. The van der Waals surface area contributed by atoms with Crippen LogP contribution in [0.25, 0.3) is 0 Å². The van der Waals surface area contributed by atoms with Crippen molar-refractivity contribution < 1.29 is 9.53 Å². The summed E-state index contributed by atoms with van der Waals surface area (Å²) in [6, 6.07) is 18.3. The fourth-order valence-corrected chi connectivity index (χ4v) is 5.25. The van der Waals surface area contributed by atoms with Crippen LogP contribution in [0, 0.1) is 23.2 Å². The van der Waals surface area contributed by atoms with E-state index >= 15 is 0 Å². The van der Waals surface area contributed by atoms with Crippen LogP contribution in [-0.4, -0.2) is 62.1 Å². The minimum absolute atomic E-state index is 0.0187. The van der Waals surface area contributed by atoms with Crippen LogP contribution in [0.5, 0.6) is 5.75 Å². The van der Waals surface area contributed by atoms with Crippen molar-refractivity contribution in [2.75, 3.05) is 51.3 Å². The summed E-state index contributed by atoms with van der Waals surface area (Å²) in [5, 5.41) is 8.97. The number of fused-ring (bicyclic) bond motifs is 3. The molecule has 1 amide bonds. The second kappa shape index (κ2) is 7.66. The van der Waals surface area contributed by atoms with Gasteiger partial charge in [-0.05, 0) is 37.4 Å². The molecular formula is C24H26N4O2. The summed E-state index contributed by atoms with van der Waals surface area (Å²) in [6.07, 6.45) is 0. The van der Waals surface area contributed by atoms with Crippen molar-refractivity contribution in [1.82, 2.24) is 9.80 Å².